The molecule has 8 nitrogen and oxygen atoms in total. The molecule has 114 valence electrons. The number of rotatable bonds is 5. The van der Waals surface area contributed by atoms with E-state index in [9.17, 15) is 19.5 Å². The van der Waals surface area contributed by atoms with Crippen LogP contribution in [0.25, 0.3) is 11.2 Å². The molecule has 0 bridgehead atoms. The molecule has 2 rings (SSSR count). The summed E-state index contributed by atoms with van der Waals surface area (Å²) in [6.45, 7) is 1.97. The van der Waals surface area contributed by atoms with E-state index in [-0.39, 0.29) is 11.2 Å². The monoisotopic (exact) mass is 294 g/mol. The van der Waals surface area contributed by atoms with Gasteiger partial charge in [-0.25, -0.2) is 14.6 Å². The molecule has 0 aromatic carbocycles. The standard InChI is InChI=1S/C13H18N4O4/c1-4-5-6-8(12(19)20)17-7-14-9-10(17)15(2)13(21)16(3)11(9)18/h7-8H,4-6H2,1-3H3,(H,19,20)/t8-/m0/s1. The van der Waals surface area contributed by atoms with E-state index in [0.717, 1.165) is 17.4 Å². The van der Waals surface area contributed by atoms with Gasteiger partial charge >= 0.3 is 11.7 Å². The number of hydrogen-bond donors (Lipinski definition) is 1. The van der Waals surface area contributed by atoms with Gasteiger partial charge in [-0.05, 0) is 6.42 Å². The van der Waals surface area contributed by atoms with Crippen LogP contribution < -0.4 is 11.2 Å². The highest BCUT2D eigenvalue weighted by Gasteiger charge is 2.24. The molecular formula is C13H18N4O4. The highest BCUT2D eigenvalue weighted by molar-refractivity contribution is 5.77. The molecule has 0 radical (unpaired) electrons. The first-order valence-electron chi connectivity index (χ1n) is 6.75. The Morgan fingerprint density at radius 2 is 2.00 bits per heavy atom. The summed E-state index contributed by atoms with van der Waals surface area (Å²) in [5.41, 5.74) is -0.686. The predicted molar refractivity (Wildman–Crippen MR) is 76.4 cm³/mol. The Hall–Kier alpha value is -2.38. The molecule has 0 fully saturated rings. The molecule has 2 aromatic heterocycles. The quantitative estimate of drug-likeness (QED) is 0.852. The van der Waals surface area contributed by atoms with Gasteiger partial charge in [0, 0.05) is 14.1 Å². The van der Waals surface area contributed by atoms with Crippen molar-refractivity contribution in [2.24, 2.45) is 14.1 Å². The Balaban J connectivity index is 2.73. The largest absolute Gasteiger partial charge is 0.480 e. The molecule has 1 atom stereocenters. The topological polar surface area (TPSA) is 99.1 Å². The van der Waals surface area contributed by atoms with Crippen LogP contribution in [-0.2, 0) is 18.9 Å². The van der Waals surface area contributed by atoms with E-state index in [1.807, 2.05) is 6.92 Å². The summed E-state index contributed by atoms with van der Waals surface area (Å²) in [4.78, 5) is 39.5. The Kier molecular flexibility index (Phi) is 3.97. The SMILES string of the molecule is CCCC[C@@H](C(=O)O)n1cnc2c(=O)n(C)c(=O)n(C)c21. The maximum atomic E-state index is 12.0. The summed E-state index contributed by atoms with van der Waals surface area (Å²) < 4.78 is 3.61. The zero-order valence-electron chi connectivity index (χ0n) is 12.2. The Bertz CT molecular complexity index is 799. The Morgan fingerprint density at radius 3 is 2.57 bits per heavy atom. The van der Waals surface area contributed by atoms with Crippen LogP contribution in [0.3, 0.4) is 0 Å². The van der Waals surface area contributed by atoms with Crippen molar-refractivity contribution in [3.63, 3.8) is 0 Å². The number of fused-ring (bicyclic) bond motifs is 1. The summed E-state index contributed by atoms with van der Waals surface area (Å²) in [5.74, 6) is -1.00. The van der Waals surface area contributed by atoms with Crippen molar-refractivity contribution >= 4 is 17.1 Å². The van der Waals surface area contributed by atoms with Gasteiger partial charge in [0.1, 0.15) is 6.04 Å². The van der Waals surface area contributed by atoms with Crippen LogP contribution in [0.5, 0.6) is 0 Å². The lowest BCUT2D eigenvalue weighted by Crippen LogP contribution is -2.38. The van der Waals surface area contributed by atoms with Crippen molar-refractivity contribution in [2.75, 3.05) is 0 Å². The molecule has 0 aliphatic rings. The lowest BCUT2D eigenvalue weighted by Gasteiger charge is -2.16. The van der Waals surface area contributed by atoms with Crippen LogP contribution >= 0.6 is 0 Å². The number of aryl methyl sites for hydroxylation is 1. The number of imidazole rings is 1. The molecule has 2 heterocycles. The summed E-state index contributed by atoms with van der Waals surface area (Å²) in [7, 11) is 2.87. The molecule has 0 saturated heterocycles. The molecule has 2 aromatic rings. The van der Waals surface area contributed by atoms with Crippen molar-refractivity contribution in [3.8, 4) is 0 Å². The van der Waals surface area contributed by atoms with Gasteiger partial charge in [0.05, 0.1) is 6.33 Å². The molecule has 0 unspecified atom stereocenters. The Labute approximate surface area is 120 Å². The van der Waals surface area contributed by atoms with Crippen molar-refractivity contribution < 1.29 is 9.90 Å². The van der Waals surface area contributed by atoms with Crippen LogP contribution in [0.4, 0.5) is 0 Å². The van der Waals surface area contributed by atoms with E-state index in [4.69, 9.17) is 0 Å². The third-order valence-corrected chi connectivity index (χ3v) is 3.62. The van der Waals surface area contributed by atoms with Crippen LogP contribution in [0.15, 0.2) is 15.9 Å². The first-order valence-corrected chi connectivity index (χ1v) is 6.75. The summed E-state index contributed by atoms with van der Waals surface area (Å²) in [5, 5.41) is 9.40. The van der Waals surface area contributed by atoms with Crippen molar-refractivity contribution in [2.45, 2.75) is 32.2 Å². The smallest absolute Gasteiger partial charge is 0.332 e. The number of aromatic nitrogens is 4. The summed E-state index contributed by atoms with van der Waals surface area (Å²) in [6, 6.07) is -0.840. The first-order chi connectivity index (χ1) is 9.90. The molecule has 1 N–H and O–H groups in total. The number of nitrogens with zero attached hydrogens (tertiary/aromatic N) is 4. The van der Waals surface area contributed by atoms with Crippen molar-refractivity contribution in [1.29, 1.82) is 0 Å². The van der Waals surface area contributed by atoms with Crippen molar-refractivity contribution in [3.05, 3.63) is 27.2 Å². The zero-order valence-corrected chi connectivity index (χ0v) is 12.2. The van der Waals surface area contributed by atoms with Gasteiger partial charge in [-0.3, -0.25) is 13.9 Å². The van der Waals surface area contributed by atoms with Crippen molar-refractivity contribution in [1.82, 2.24) is 18.7 Å². The Morgan fingerprint density at radius 1 is 1.33 bits per heavy atom. The fourth-order valence-electron chi connectivity index (χ4n) is 2.41. The highest BCUT2D eigenvalue weighted by Crippen LogP contribution is 2.19. The molecule has 0 aliphatic heterocycles. The van der Waals surface area contributed by atoms with Crippen LogP contribution in [-0.4, -0.2) is 29.8 Å². The molecule has 0 aliphatic carbocycles. The van der Waals surface area contributed by atoms with E-state index >= 15 is 0 Å². The molecule has 21 heavy (non-hydrogen) atoms. The number of carboxylic acid groups (broad SMARTS) is 1. The fraction of sp³-hybridized carbons (Fsp3) is 0.538. The number of carbonyl (C=O) groups is 1. The van der Waals surface area contributed by atoms with Gasteiger partial charge in [0.2, 0.25) is 0 Å². The third-order valence-electron chi connectivity index (χ3n) is 3.62. The number of carboxylic acids is 1. The summed E-state index contributed by atoms with van der Waals surface area (Å²) >= 11 is 0. The van der Waals surface area contributed by atoms with Gasteiger partial charge in [-0.15, -0.1) is 0 Å². The average molecular weight is 294 g/mol. The minimum atomic E-state index is -1.00. The lowest BCUT2D eigenvalue weighted by molar-refractivity contribution is -0.141. The van der Waals surface area contributed by atoms with E-state index in [0.29, 0.717) is 6.42 Å². The normalized spacial score (nSPS) is 12.7. The van der Waals surface area contributed by atoms with E-state index in [1.165, 1.54) is 29.6 Å². The van der Waals surface area contributed by atoms with Gasteiger partial charge in [0.25, 0.3) is 5.56 Å². The van der Waals surface area contributed by atoms with Gasteiger partial charge in [-0.1, -0.05) is 19.8 Å². The van der Waals surface area contributed by atoms with Crippen LogP contribution in [0.2, 0.25) is 0 Å². The van der Waals surface area contributed by atoms with Gasteiger partial charge in [-0.2, -0.15) is 0 Å². The number of hydrogen-bond acceptors (Lipinski definition) is 4. The minimum absolute atomic E-state index is 0.0994. The maximum absolute atomic E-state index is 12.0. The van der Waals surface area contributed by atoms with Crippen LogP contribution in [0, 0.1) is 0 Å². The minimum Gasteiger partial charge on any atom is -0.480 e. The first kappa shape index (κ1) is 15.0. The van der Waals surface area contributed by atoms with E-state index in [2.05, 4.69) is 4.98 Å². The van der Waals surface area contributed by atoms with Crippen LogP contribution in [0.1, 0.15) is 32.2 Å². The lowest BCUT2D eigenvalue weighted by atomic mass is 10.1. The molecular weight excluding hydrogens is 276 g/mol. The predicted octanol–water partition coefficient (Wildman–Crippen LogP) is 0.250. The second kappa shape index (κ2) is 5.55. The number of unbranched alkanes of at least 4 members (excludes halogenated alkanes) is 1. The van der Waals surface area contributed by atoms with E-state index < -0.39 is 23.3 Å². The summed E-state index contributed by atoms with van der Waals surface area (Å²) in [6.07, 6.45) is 3.33. The molecule has 0 amide bonds. The molecule has 0 spiro atoms. The molecule has 0 saturated carbocycles. The third kappa shape index (κ3) is 2.37. The van der Waals surface area contributed by atoms with Gasteiger partial charge in [0.15, 0.2) is 11.2 Å². The fourth-order valence-corrected chi connectivity index (χ4v) is 2.41. The second-order valence-electron chi connectivity index (χ2n) is 5.03. The van der Waals surface area contributed by atoms with E-state index in [1.54, 1.807) is 0 Å². The average Bonchev–Trinajstić information content (AvgIpc) is 2.87. The molecule has 8 heteroatoms. The zero-order chi connectivity index (χ0) is 15.7. The second-order valence-corrected chi connectivity index (χ2v) is 5.03. The number of aliphatic carboxylic acids is 1. The maximum Gasteiger partial charge on any atom is 0.332 e. The van der Waals surface area contributed by atoms with Gasteiger partial charge < -0.3 is 9.67 Å². The highest BCUT2D eigenvalue weighted by atomic mass is 16.4.